The molecule has 1 aliphatic heterocycles. The standard InChI is InChI=1S/C13H18N2O2/c1-14-12(16)13(7-9-15-10-8-13)17-11-5-3-2-4-6-11/h2-6,15H,7-10H2,1H3,(H,14,16). The fraction of sp³-hybridized carbons (Fsp3) is 0.462. The average molecular weight is 234 g/mol. The summed E-state index contributed by atoms with van der Waals surface area (Å²) < 4.78 is 5.94. The quantitative estimate of drug-likeness (QED) is 0.818. The predicted molar refractivity (Wildman–Crippen MR) is 66.0 cm³/mol. The Morgan fingerprint density at radius 2 is 1.94 bits per heavy atom. The van der Waals surface area contributed by atoms with E-state index in [1.54, 1.807) is 7.05 Å². The molecule has 0 atom stereocenters. The smallest absolute Gasteiger partial charge is 0.264 e. The minimum absolute atomic E-state index is 0.0390. The molecule has 0 unspecified atom stereocenters. The molecular weight excluding hydrogens is 216 g/mol. The van der Waals surface area contributed by atoms with Crippen LogP contribution in [0.2, 0.25) is 0 Å². The van der Waals surface area contributed by atoms with Crippen LogP contribution in [0.15, 0.2) is 30.3 Å². The van der Waals surface area contributed by atoms with Crippen molar-refractivity contribution in [2.24, 2.45) is 0 Å². The number of amides is 1. The van der Waals surface area contributed by atoms with Gasteiger partial charge in [-0.1, -0.05) is 18.2 Å². The van der Waals surface area contributed by atoms with Gasteiger partial charge < -0.3 is 15.4 Å². The van der Waals surface area contributed by atoms with Crippen molar-refractivity contribution < 1.29 is 9.53 Å². The summed E-state index contributed by atoms with van der Waals surface area (Å²) in [5, 5.41) is 5.95. The van der Waals surface area contributed by atoms with Crippen molar-refractivity contribution in [1.82, 2.24) is 10.6 Å². The van der Waals surface area contributed by atoms with Crippen LogP contribution >= 0.6 is 0 Å². The summed E-state index contributed by atoms with van der Waals surface area (Å²) in [5.41, 5.74) is -0.721. The Morgan fingerprint density at radius 1 is 1.29 bits per heavy atom. The van der Waals surface area contributed by atoms with E-state index < -0.39 is 5.60 Å². The molecule has 1 aliphatic rings. The van der Waals surface area contributed by atoms with Gasteiger partial charge in [-0.15, -0.1) is 0 Å². The largest absolute Gasteiger partial charge is 0.477 e. The van der Waals surface area contributed by atoms with Crippen molar-refractivity contribution in [3.8, 4) is 5.75 Å². The van der Waals surface area contributed by atoms with Crippen LogP contribution < -0.4 is 15.4 Å². The average Bonchev–Trinajstić information content (AvgIpc) is 2.40. The Morgan fingerprint density at radius 3 is 2.53 bits per heavy atom. The number of hydrogen-bond donors (Lipinski definition) is 2. The highest BCUT2D eigenvalue weighted by Crippen LogP contribution is 2.26. The second kappa shape index (κ2) is 5.19. The van der Waals surface area contributed by atoms with Crippen LogP contribution in [0, 0.1) is 0 Å². The second-order valence-corrected chi connectivity index (χ2v) is 4.24. The Balaban J connectivity index is 2.19. The van der Waals surface area contributed by atoms with Crippen LogP contribution in [-0.2, 0) is 4.79 Å². The normalized spacial score (nSPS) is 18.4. The Kier molecular flexibility index (Phi) is 3.64. The van der Waals surface area contributed by atoms with Crippen LogP contribution in [0.1, 0.15) is 12.8 Å². The predicted octanol–water partition coefficient (Wildman–Crippen LogP) is 0.934. The summed E-state index contributed by atoms with van der Waals surface area (Å²) in [7, 11) is 1.65. The van der Waals surface area contributed by atoms with Crippen LogP contribution in [-0.4, -0.2) is 31.6 Å². The van der Waals surface area contributed by atoms with E-state index >= 15 is 0 Å². The number of benzene rings is 1. The molecule has 1 aromatic rings. The van der Waals surface area contributed by atoms with E-state index in [9.17, 15) is 4.79 Å². The molecule has 1 amide bonds. The van der Waals surface area contributed by atoms with Gasteiger partial charge in [-0.3, -0.25) is 4.79 Å². The van der Waals surface area contributed by atoms with E-state index in [-0.39, 0.29) is 5.91 Å². The number of para-hydroxylation sites is 1. The first-order chi connectivity index (χ1) is 8.27. The highest BCUT2D eigenvalue weighted by Gasteiger charge is 2.41. The zero-order chi connectivity index (χ0) is 12.1. The minimum atomic E-state index is -0.721. The summed E-state index contributed by atoms with van der Waals surface area (Å²) in [6.45, 7) is 1.61. The van der Waals surface area contributed by atoms with Gasteiger partial charge in [-0.2, -0.15) is 0 Å². The number of likely N-dealkylation sites (N-methyl/N-ethyl adjacent to an activating group) is 1. The van der Waals surface area contributed by atoms with Gasteiger partial charge >= 0.3 is 0 Å². The number of piperidine rings is 1. The van der Waals surface area contributed by atoms with E-state index in [2.05, 4.69) is 10.6 Å². The molecule has 2 rings (SSSR count). The first kappa shape index (κ1) is 11.9. The molecule has 0 radical (unpaired) electrons. The number of ether oxygens (including phenoxy) is 1. The molecule has 0 spiro atoms. The van der Waals surface area contributed by atoms with Gasteiger partial charge in [0, 0.05) is 19.9 Å². The maximum atomic E-state index is 12.0. The zero-order valence-corrected chi connectivity index (χ0v) is 10.0. The number of nitrogens with one attached hydrogen (secondary N) is 2. The molecule has 0 bridgehead atoms. The second-order valence-electron chi connectivity index (χ2n) is 4.24. The Hall–Kier alpha value is -1.55. The highest BCUT2D eigenvalue weighted by molar-refractivity contribution is 5.85. The summed E-state index contributed by atoms with van der Waals surface area (Å²) in [6.07, 6.45) is 1.39. The van der Waals surface area contributed by atoms with Crippen molar-refractivity contribution in [1.29, 1.82) is 0 Å². The summed E-state index contributed by atoms with van der Waals surface area (Å²) in [4.78, 5) is 12.0. The first-order valence-corrected chi connectivity index (χ1v) is 5.94. The zero-order valence-electron chi connectivity index (χ0n) is 10.0. The van der Waals surface area contributed by atoms with Crippen molar-refractivity contribution in [2.45, 2.75) is 18.4 Å². The van der Waals surface area contributed by atoms with E-state index in [0.717, 1.165) is 18.8 Å². The molecule has 17 heavy (non-hydrogen) atoms. The first-order valence-electron chi connectivity index (χ1n) is 5.94. The summed E-state index contributed by atoms with van der Waals surface area (Å²) in [5.74, 6) is 0.709. The lowest BCUT2D eigenvalue weighted by Crippen LogP contribution is -2.55. The molecular formula is C13H18N2O2. The fourth-order valence-electron chi connectivity index (χ4n) is 2.15. The lowest BCUT2D eigenvalue weighted by atomic mass is 9.91. The summed E-state index contributed by atoms with van der Waals surface area (Å²) >= 11 is 0. The molecule has 1 saturated heterocycles. The third-order valence-corrected chi connectivity index (χ3v) is 3.11. The number of carbonyl (C=O) groups is 1. The van der Waals surface area contributed by atoms with Crippen molar-refractivity contribution in [2.75, 3.05) is 20.1 Å². The van der Waals surface area contributed by atoms with Crippen LogP contribution in [0.4, 0.5) is 0 Å². The van der Waals surface area contributed by atoms with Crippen LogP contribution in [0.5, 0.6) is 5.75 Å². The lowest BCUT2D eigenvalue weighted by Gasteiger charge is -2.36. The van der Waals surface area contributed by atoms with Gasteiger partial charge in [0.15, 0.2) is 5.60 Å². The van der Waals surface area contributed by atoms with Gasteiger partial charge in [0.1, 0.15) is 5.75 Å². The van der Waals surface area contributed by atoms with Gasteiger partial charge in [0.2, 0.25) is 0 Å². The molecule has 1 fully saturated rings. The van der Waals surface area contributed by atoms with Gasteiger partial charge in [-0.25, -0.2) is 0 Å². The summed E-state index contributed by atoms with van der Waals surface area (Å²) in [6, 6.07) is 9.52. The van der Waals surface area contributed by atoms with Crippen molar-refractivity contribution in [3.05, 3.63) is 30.3 Å². The van der Waals surface area contributed by atoms with Gasteiger partial charge in [0.25, 0.3) is 5.91 Å². The van der Waals surface area contributed by atoms with Crippen LogP contribution in [0.25, 0.3) is 0 Å². The van der Waals surface area contributed by atoms with E-state index in [0.29, 0.717) is 12.8 Å². The highest BCUT2D eigenvalue weighted by atomic mass is 16.5. The number of carbonyl (C=O) groups excluding carboxylic acids is 1. The molecule has 4 nitrogen and oxygen atoms in total. The molecule has 0 saturated carbocycles. The molecule has 1 heterocycles. The SMILES string of the molecule is CNC(=O)C1(Oc2ccccc2)CCNCC1. The Bertz CT molecular complexity index is 372. The minimum Gasteiger partial charge on any atom is -0.477 e. The van der Waals surface area contributed by atoms with Crippen molar-refractivity contribution in [3.63, 3.8) is 0 Å². The third-order valence-electron chi connectivity index (χ3n) is 3.11. The molecule has 0 aromatic heterocycles. The molecule has 2 N–H and O–H groups in total. The molecule has 4 heteroatoms. The maximum absolute atomic E-state index is 12.0. The van der Waals surface area contributed by atoms with Crippen LogP contribution in [0.3, 0.4) is 0 Å². The van der Waals surface area contributed by atoms with E-state index in [4.69, 9.17) is 4.74 Å². The Labute approximate surface area is 101 Å². The third kappa shape index (κ3) is 2.58. The van der Waals surface area contributed by atoms with E-state index in [1.807, 2.05) is 30.3 Å². The lowest BCUT2D eigenvalue weighted by molar-refractivity contribution is -0.138. The van der Waals surface area contributed by atoms with Gasteiger partial charge in [-0.05, 0) is 25.2 Å². The number of hydrogen-bond acceptors (Lipinski definition) is 3. The van der Waals surface area contributed by atoms with Crippen molar-refractivity contribution >= 4 is 5.91 Å². The molecule has 1 aromatic carbocycles. The molecule has 92 valence electrons. The van der Waals surface area contributed by atoms with E-state index in [1.165, 1.54) is 0 Å². The topological polar surface area (TPSA) is 50.4 Å². The fourth-order valence-corrected chi connectivity index (χ4v) is 2.15. The molecule has 0 aliphatic carbocycles. The van der Waals surface area contributed by atoms with Gasteiger partial charge in [0.05, 0.1) is 0 Å². The monoisotopic (exact) mass is 234 g/mol. The number of rotatable bonds is 3. The maximum Gasteiger partial charge on any atom is 0.264 e.